The van der Waals surface area contributed by atoms with Gasteiger partial charge < -0.3 is 19.5 Å². The van der Waals surface area contributed by atoms with Gasteiger partial charge in [0, 0.05) is 11.6 Å². The lowest BCUT2D eigenvalue weighted by Gasteiger charge is -2.32. The number of aliphatic hydroxyl groups excluding tert-OH is 1. The van der Waals surface area contributed by atoms with Gasteiger partial charge in [-0.1, -0.05) is 11.6 Å². The van der Waals surface area contributed by atoms with Crippen molar-refractivity contribution in [3.63, 3.8) is 0 Å². The Bertz CT molecular complexity index is 486. The molecule has 23 heavy (non-hydrogen) atoms. The first-order valence-electron chi connectivity index (χ1n) is 8.04. The molecule has 1 aromatic carbocycles. The minimum Gasteiger partial charge on any atom is -0.491 e. The van der Waals surface area contributed by atoms with E-state index in [0.717, 1.165) is 25.9 Å². The number of halogens is 1. The van der Waals surface area contributed by atoms with Gasteiger partial charge in [0.25, 0.3) is 0 Å². The number of piperidine rings is 1. The van der Waals surface area contributed by atoms with Crippen molar-refractivity contribution in [2.45, 2.75) is 25.9 Å². The number of carbonyl (C=O) groups is 1. The number of β-amino-alcohol motifs (C(OH)–C–C–N with tert-alkyl or cyclic N) is 1. The fourth-order valence-corrected chi connectivity index (χ4v) is 2.81. The molecule has 0 spiro atoms. The van der Waals surface area contributed by atoms with Crippen molar-refractivity contribution in [2.24, 2.45) is 5.92 Å². The van der Waals surface area contributed by atoms with E-state index in [-0.39, 0.29) is 18.5 Å². The fraction of sp³-hybridized carbons (Fsp3) is 0.588. The third kappa shape index (κ3) is 6.01. The van der Waals surface area contributed by atoms with Crippen molar-refractivity contribution in [1.29, 1.82) is 0 Å². The third-order valence-electron chi connectivity index (χ3n) is 3.93. The first kappa shape index (κ1) is 18.0. The summed E-state index contributed by atoms with van der Waals surface area (Å²) in [6, 6.07) is 7.06. The molecule has 0 amide bonds. The lowest BCUT2D eigenvalue weighted by atomic mass is 9.97. The third-order valence-corrected chi connectivity index (χ3v) is 4.18. The number of likely N-dealkylation sites (tertiary alicyclic amines) is 1. The average molecular weight is 342 g/mol. The average Bonchev–Trinajstić information content (AvgIpc) is 2.55. The van der Waals surface area contributed by atoms with E-state index in [9.17, 15) is 9.90 Å². The molecule has 1 saturated heterocycles. The van der Waals surface area contributed by atoms with E-state index in [1.165, 1.54) is 0 Å². The summed E-state index contributed by atoms with van der Waals surface area (Å²) in [6.45, 7) is 4.62. The number of nitrogens with zero attached hydrogens (tertiary/aromatic N) is 1. The topological polar surface area (TPSA) is 59.0 Å². The molecule has 0 aromatic heterocycles. The van der Waals surface area contributed by atoms with Crippen LogP contribution in [0.2, 0.25) is 5.02 Å². The molecule has 0 unspecified atom stereocenters. The van der Waals surface area contributed by atoms with Crippen LogP contribution in [-0.2, 0) is 9.53 Å². The number of esters is 1. The van der Waals surface area contributed by atoms with Crippen molar-refractivity contribution < 1.29 is 19.4 Å². The van der Waals surface area contributed by atoms with Crippen LogP contribution in [0.5, 0.6) is 5.75 Å². The van der Waals surface area contributed by atoms with Gasteiger partial charge in [-0.05, 0) is 57.1 Å². The Balaban J connectivity index is 1.67. The maximum Gasteiger partial charge on any atom is 0.309 e. The second-order valence-corrected chi connectivity index (χ2v) is 6.18. The van der Waals surface area contributed by atoms with Crippen molar-refractivity contribution in [2.75, 3.05) is 32.8 Å². The minimum absolute atomic E-state index is 0.00587. The van der Waals surface area contributed by atoms with Gasteiger partial charge in [-0.2, -0.15) is 0 Å². The summed E-state index contributed by atoms with van der Waals surface area (Å²) in [7, 11) is 0. The molecule has 1 atom stereocenters. The maximum atomic E-state index is 11.7. The van der Waals surface area contributed by atoms with Gasteiger partial charge in [-0.15, -0.1) is 0 Å². The second kappa shape index (κ2) is 9.11. The summed E-state index contributed by atoms with van der Waals surface area (Å²) >= 11 is 5.81. The number of hydrogen-bond donors (Lipinski definition) is 1. The Morgan fingerprint density at radius 3 is 2.61 bits per heavy atom. The predicted molar refractivity (Wildman–Crippen MR) is 88.8 cm³/mol. The smallest absolute Gasteiger partial charge is 0.309 e. The molecule has 0 bridgehead atoms. The van der Waals surface area contributed by atoms with Crippen LogP contribution < -0.4 is 4.74 Å². The zero-order chi connectivity index (χ0) is 16.7. The van der Waals surface area contributed by atoms with Crippen LogP contribution in [0, 0.1) is 5.92 Å². The zero-order valence-electron chi connectivity index (χ0n) is 13.4. The Labute approximate surface area is 142 Å². The van der Waals surface area contributed by atoms with Crippen molar-refractivity contribution in [3.05, 3.63) is 29.3 Å². The molecular weight excluding hydrogens is 318 g/mol. The highest BCUT2D eigenvalue weighted by Crippen LogP contribution is 2.19. The Morgan fingerprint density at radius 1 is 1.35 bits per heavy atom. The molecule has 0 saturated carbocycles. The second-order valence-electron chi connectivity index (χ2n) is 5.75. The van der Waals surface area contributed by atoms with E-state index in [0.29, 0.717) is 23.9 Å². The minimum atomic E-state index is -0.565. The fourth-order valence-electron chi connectivity index (χ4n) is 2.69. The van der Waals surface area contributed by atoms with E-state index in [4.69, 9.17) is 21.1 Å². The van der Waals surface area contributed by atoms with E-state index in [1.807, 2.05) is 6.92 Å². The van der Waals surface area contributed by atoms with Crippen LogP contribution in [0.1, 0.15) is 19.8 Å². The van der Waals surface area contributed by atoms with E-state index >= 15 is 0 Å². The van der Waals surface area contributed by atoms with Gasteiger partial charge in [0.05, 0.1) is 12.5 Å². The number of aliphatic hydroxyl groups is 1. The van der Waals surface area contributed by atoms with Crippen LogP contribution in [-0.4, -0.2) is 54.9 Å². The van der Waals surface area contributed by atoms with Crippen LogP contribution in [0.25, 0.3) is 0 Å². The van der Waals surface area contributed by atoms with Crippen LogP contribution in [0.15, 0.2) is 24.3 Å². The molecular formula is C17H24ClNO4. The molecule has 1 aliphatic rings. The van der Waals surface area contributed by atoms with Gasteiger partial charge >= 0.3 is 5.97 Å². The molecule has 1 heterocycles. The van der Waals surface area contributed by atoms with Crippen molar-refractivity contribution in [3.8, 4) is 5.75 Å². The highest BCUT2D eigenvalue weighted by molar-refractivity contribution is 6.30. The quantitative estimate of drug-likeness (QED) is 0.771. The van der Waals surface area contributed by atoms with E-state index in [1.54, 1.807) is 24.3 Å². The molecule has 1 aliphatic heterocycles. The van der Waals surface area contributed by atoms with Gasteiger partial charge in [-0.25, -0.2) is 0 Å². The highest BCUT2D eigenvalue weighted by atomic mass is 35.5. The lowest BCUT2D eigenvalue weighted by Crippen LogP contribution is -2.42. The Morgan fingerprint density at radius 2 is 2.00 bits per heavy atom. The molecule has 1 aromatic rings. The van der Waals surface area contributed by atoms with E-state index in [2.05, 4.69) is 4.90 Å². The van der Waals surface area contributed by atoms with Crippen LogP contribution >= 0.6 is 11.6 Å². The normalized spacial score (nSPS) is 17.7. The monoisotopic (exact) mass is 341 g/mol. The molecule has 2 rings (SSSR count). The summed E-state index contributed by atoms with van der Waals surface area (Å²) in [4.78, 5) is 13.8. The summed E-state index contributed by atoms with van der Waals surface area (Å²) in [5, 5.41) is 10.7. The lowest BCUT2D eigenvalue weighted by molar-refractivity contribution is -0.149. The van der Waals surface area contributed by atoms with Gasteiger partial charge in [-0.3, -0.25) is 4.79 Å². The molecule has 0 radical (unpaired) electrons. The number of ether oxygens (including phenoxy) is 2. The number of carbonyl (C=O) groups excluding carboxylic acids is 1. The Kier molecular flexibility index (Phi) is 7.15. The maximum absolute atomic E-state index is 11.7. The van der Waals surface area contributed by atoms with Gasteiger partial charge in [0.1, 0.15) is 18.5 Å². The van der Waals surface area contributed by atoms with Crippen molar-refractivity contribution >= 4 is 17.6 Å². The molecule has 0 aliphatic carbocycles. The molecule has 5 nitrogen and oxygen atoms in total. The SMILES string of the molecule is CCOC(=O)C1CCN(C[C@H](O)COc2ccc(Cl)cc2)CC1. The number of rotatable bonds is 7. The standard InChI is InChI=1S/C17H24ClNO4/c1-2-22-17(21)13-7-9-19(10-8-13)11-15(20)12-23-16-5-3-14(18)4-6-16/h3-6,13,15,20H,2,7-12H2,1H3/t15-/m0/s1. The zero-order valence-corrected chi connectivity index (χ0v) is 14.2. The summed E-state index contributed by atoms with van der Waals surface area (Å²) in [5.41, 5.74) is 0. The highest BCUT2D eigenvalue weighted by Gasteiger charge is 2.26. The summed E-state index contributed by atoms with van der Waals surface area (Å²) in [5.74, 6) is 0.585. The summed E-state index contributed by atoms with van der Waals surface area (Å²) in [6.07, 6.45) is 0.998. The largest absolute Gasteiger partial charge is 0.491 e. The number of hydrogen-bond acceptors (Lipinski definition) is 5. The molecule has 1 N–H and O–H groups in total. The van der Waals surface area contributed by atoms with Crippen LogP contribution in [0.4, 0.5) is 0 Å². The molecule has 128 valence electrons. The van der Waals surface area contributed by atoms with Gasteiger partial charge in [0.2, 0.25) is 0 Å². The first-order chi connectivity index (χ1) is 11.1. The predicted octanol–water partition coefficient (Wildman–Crippen LogP) is 2.35. The van der Waals surface area contributed by atoms with Gasteiger partial charge in [0.15, 0.2) is 0 Å². The molecule has 6 heteroatoms. The Hall–Kier alpha value is -1.30. The van der Waals surface area contributed by atoms with Crippen LogP contribution in [0.3, 0.4) is 0 Å². The molecule has 1 fully saturated rings. The first-order valence-corrected chi connectivity index (χ1v) is 8.41. The van der Waals surface area contributed by atoms with Crippen molar-refractivity contribution in [1.82, 2.24) is 4.90 Å². The van der Waals surface area contributed by atoms with E-state index < -0.39 is 6.10 Å². The number of benzene rings is 1. The summed E-state index contributed by atoms with van der Waals surface area (Å²) < 4.78 is 10.6.